The van der Waals surface area contributed by atoms with Crippen molar-refractivity contribution in [3.8, 4) is 11.1 Å². The first kappa shape index (κ1) is 23.9. The molecule has 8 heteroatoms. The minimum atomic E-state index is -0.836. The minimum Gasteiger partial charge on any atom is -0.481 e. The van der Waals surface area contributed by atoms with E-state index in [0.29, 0.717) is 25.1 Å². The van der Waals surface area contributed by atoms with Crippen LogP contribution in [0.15, 0.2) is 60.7 Å². The van der Waals surface area contributed by atoms with E-state index in [1.54, 1.807) is 6.08 Å². The number of carbonyl (C=O) groups is 3. The van der Waals surface area contributed by atoms with Gasteiger partial charge in [0.1, 0.15) is 6.61 Å². The average molecular weight is 481 g/mol. The Hall–Kier alpha value is -3.26. The monoisotopic (exact) mass is 480 g/mol. The summed E-state index contributed by atoms with van der Waals surface area (Å²) in [5.74, 6) is -0.608. The van der Waals surface area contributed by atoms with Gasteiger partial charge in [-0.3, -0.25) is 9.59 Å². The van der Waals surface area contributed by atoms with Crippen LogP contribution in [0, 0.1) is 5.92 Å². The summed E-state index contributed by atoms with van der Waals surface area (Å²) in [5.41, 5.74) is 4.70. The van der Waals surface area contributed by atoms with Crippen LogP contribution in [0.2, 0.25) is 0 Å². The molecule has 0 fully saturated rings. The summed E-state index contributed by atoms with van der Waals surface area (Å²) in [6.07, 6.45) is 4.09. The molecule has 2 aromatic carbocycles. The number of amides is 2. The number of benzene rings is 2. The molecular weight excluding hydrogens is 452 g/mol. The normalized spacial score (nSPS) is 18.6. The number of carboxylic acid groups (broad SMARTS) is 1. The maximum Gasteiger partial charge on any atom is 0.407 e. The lowest BCUT2D eigenvalue weighted by Gasteiger charge is -2.22. The lowest BCUT2D eigenvalue weighted by atomic mass is 9.91. The van der Waals surface area contributed by atoms with E-state index < -0.39 is 18.0 Å². The lowest BCUT2D eigenvalue weighted by Crippen LogP contribution is -2.38. The Kier molecular flexibility index (Phi) is 7.90. The first-order chi connectivity index (χ1) is 16.5. The van der Waals surface area contributed by atoms with Gasteiger partial charge in [-0.25, -0.2) is 4.79 Å². The second-order valence-corrected chi connectivity index (χ2v) is 9.52. The van der Waals surface area contributed by atoms with Crippen LogP contribution < -0.4 is 10.6 Å². The van der Waals surface area contributed by atoms with Crippen molar-refractivity contribution in [2.45, 2.75) is 24.8 Å². The van der Waals surface area contributed by atoms with Gasteiger partial charge in [0.15, 0.2) is 0 Å². The number of thioether (sulfide) groups is 1. The van der Waals surface area contributed by atoms with Crippen LogP contribution in [-0.2, 0) is 14.3 Å². The van der Waals surface area contributed by atoms with Gasteiger partial charge in [-0.1, -0.05) is 60.7 Å². The van der Waals surface area contributed by atoms with E-state index in [1.807, 2.05) is 30.3 Å². The number of carbonyl (C=O) groups excluding carboxylic acids is 2. The number of nitrogens with one attached hydrogen (secondary N) is 2. The smallest absolute Gasteiger partial charge is 0.407 e. The molecule has 2 aromatic rings. The van der Waals surface area contributed by atoms with Crippen LogP contribution in [0.5, 0.6) is 0 Å². The minimum absolute atomic E-state index is 0.0192. The number of aliphatic carboxylic acids is 1. The SMILES string of the molecule is O=C(CSCCNC(=O)OCC1c2ccccc2-c2ccccc21)NC1C=CCC(C(=O)O)C1. The first-order valence-corrected chi connectivity index (χ1v) is 12.5. The number of fused-ring (bicyclic) bond motifs is 3. The topological polar surface area (TPSA) is 105 Å². The highest BCUT2D eigenvalue weighted by Crippen LogP contribution is 2.44. The van der Waals surface area contributed by atoms with E-state index in [0.717, 1.165) is 0 Å². The van der Waals surface area contributed by atoms with Gasteiger partial charge in [0, 0.05) is 24.3 Å². The molecular formula is C26H28N2O5S. The summed E-state index contributed by atoms with van der Waals surface area (Å²) in [4.78, 5) is 35.4. The van der Waals surface area contributed by atoms with Gasteiger partial charge in [0.25, 0.3) is 0 Å². The molecule has 0 bridgehead atoms. The molecule has 0 saturated heterocycles. The number of rotatable bonds is 9. The molecule has 2 atom stereocenters. The molecule has 0 radical (unpaired) electrons. The second kappa shape index (κ2) is 11.2. The van der Waals surface area contributed by atoms with Crippen LogP contribution in [-0.4, -0.2) is 53.8 Å². The number of hydrogen-bond acceptors (Lipinski definition) is 5. The maximum atomic E-state index is 12.2. The zero-order valence-electron chi connectivity index (χ0n) is 18.7. The molecule has 0 heterocycles. The third-order valence-corrected chi connectivity index (χ3v) is 7.07. The Morgan fingerprint density at radius 2 is 1.71 bits per heavy atom. The van der Waals surface area contributed by atoms with Crippen molar-refractivity contribution in [2.24, 2.45) is 5.92 Å². The Morgan fingerprint density at radius 1 is 1.03 bits per heavy atom. The van der Waals surface area contributed by atoms with Crippen molar-refractivity contribution in [2.75, 3.05) is 24.7 Å². The third-order valence-electron chi connectivity index (χ3n) is 6.12. The molecule has 2 unspecified atom stereocenters. The average Bonchev–Trinajstić information content (AvgIpc) is 3.16. The molecule has 2 aliphatic carbocycles. The number of hydrogen-bond donors (Lipinski definition) is 3. The second-order valence-electron chi connectivity index (χ2n) is 8.41. The lowest BCUT2D eigenvalue weighted by molar-refractivity contribution is -0.142. The Labute approximate surface area is 203 Å². The van der Waals surface area contributed by atoms with Gasteiger partial charge in [0.05, 0.1) is 11.7 Å². The highest BCUT2D eigenvalue weighted by atomic mass is 32.2. The van der Waals surface area contributed by atoms with Crippen LogP contribution in [0.4, 0.5) is 4.79 Å². The van der Waals surface area contributed by atoms with Crippen LogP contribution >= 0.6 is 11.8 Å². The predicted molar refractivity (Wildman–Crippen MR) is 132 cm³/mol. The van der Waals surface area contributed by atoms with Crippen LogP contribution in [0.25, 0.3) is 11.1 Å². The Balaban J connectivity index is 1.14. The highest BCUT2D eigenvalue weighted by Gasteiger charge is 2.29. The van der Waals surface area contributed by atoms with Gasteiger partial charge in [-0.2, -0.15) is 11.8 Å². The Bertz CT molecular complexity index is 1040. The summed E-state index contributed by atoms with van der Waals surface area (Å²) in [6.45, 7) is 0.653. The van der Waals surface area contributed by atoms with E-state index in [1.165, 1.54) is 34.0 Å². The van der Waals surface area contributed by atoms with Crippen molar-refractivity contribution >= 4 is 29.7 Å². The fraction of sp³-hybridized carbons (Fsp3) is 0.346. The van der Waals surface area contributed by atoms with Crippen molar-refractivity contribution in [3.05, 3.63) is 71.8 Å². The fourth-order valence-corrected chi connectivity index (χ4v) is 5.14. The number of ether oxygens (including phenoxy) is 1. The van der Waals surface area contributed by atoms with E-state index in [9.17, 15) is 14.4 Å². The molecule has 2 amide bonds. The molecule has 4 rings (SSSR count). The zero-order chi connectivity index (χ0) is 23.9. The molecule has 0 spiro atoms. The van der Waals surface area contributed by atoms with E-state index in [2.05, 4.69) is 34.9 Å². The summed E-state index contributed by atoms with van der Waals surface area (Å²) in [7, 11) is 0. The van der Waals surface area contributed by atoms with E-state index in [-0.39, 0.29) is 30.2 Å². The zero-order valence-corrected chi connectivity index (χ0v) is 19.6. The van der Waals surface area contributed by atoms with Gasteiger partial charge in [-0.15, -0.1) is 0 Å². The van der Waals surface area contributed by atoms with E-state index >= 15 is 0 Å². The van der Waals surface area contributed by atoms with Gasteiger partial charge in [-0.05, 0) is 35.1 Å². The molecule has 0 aromatic heterocycles. The van der Waals surface area contributed by atoms with Crippen molar-refractivity contribution in [3.63, 3.8) is 0 Å². The molecule has 34 heavy (non-hydrogen) atoms. The van der Waals surface area contributed by atoms with Crippen molar-refractivity contribution in [1.29, 1.82) is 0 Å². The first-order valence-electron chi connectivity index (χ1n) is 11.4. The Morgan fingerprint density at radius 3 is 2.38 bits per heavy atom. The van der Waals surface area contributed by atoms with Gasteiger partial charge >= 0.3 is 12.1 Å². The van der Waals surface area contributed by atoms with Gasteiger partial charge in [0.2, 0.25) is 5.91 Å². The maximum absolute atomic E-state index is 12.2. The summed E-state index contributed by atoms with van der Waals surface area (Å²) in [6, 6.07) is 16.1. The quantitative estimate of drug-likeness (QED) is 0.373. The summed E-state index contributed by atoms with van der Waals surface area (Å²) >= 11 is 1.40. The predicted octanol–water partition coefficient (Wildman–Crippen LogP) is 3.79. The van der Waals surface area contributed by atoms with Crippen LogP contribution in [0.3, 0.4) is 0 Å². The fourth-order valence-electron chi connectivity index (χ4n) is 4.49. The number of allylic oxidation sites excluding steroid dienone is 1. The summed E-state index contributed by atoms with van der Waals surface area (Å²) < 4.78 is 5.50. The molecule has 2 aliphatic rings. The molecule has 3 N–H and O–H groups in total. The van der Waals surface area contributed by atoms with E-state index in [4.69, 9.17) is 9.84 Å². The van der Waals surface area contributed by atoms with Gasteiger partial charge < -0.3 is 20.5 Å². The van der Waals surface area contributed by atoms with Crippen molar-refractivity contribution < 1.29 is 24.2 Å². The van der Waals surface area contributed by atoms with Crippen molar-refractivity contribution in [1.82, 2.24) is 10.6 Å². The highest BCUT2D eigenvalue weighted by molar-refractivity contribution is 7.99. The molecule has 0 saturated carbocycles. The molecule has 7 nitrogen and oxygen atoms in total. The van der Waals surface area contributed by atoms with Crippen LogP contribution in [0.1, 0.15) is 29.9 Å². The standard InChI is InChI=1S/C26H28N2O5S/c29-24(28-18-7-5-6-17(14-18)25(30)31)16-34-13-12-27-26(32)33-15-23-21-10-3-1-8-19(21)20-9-2-4-11-22(20)23/h1-5,7-11,17-18,23H,6,12-16H2,(H,27,32)(H,28,29)(H,30,31). The summed E-state index contributed by atoms with van der Waals surface area (Å²) in [5, 5.41) is 14.7. The molecule has 0 aliphatic heterocycles. The molecule has 178 valence electrons. The number of alkyl carbamates (subject to hydrolysis) is 1. The largest absolute Gasteiger partial charge is 0.481 e. The third kappa shape index (κ3) is 5.80. The number of carboxylic acids is 1.